The van der Waals surface area contributed by atoms with E-state index >= 15 is 0 Å². The van der Waals surface area contributed by atoms with Crippen molar-refractivity contribution in [2.24, 2.45) is 0 Å². The molecule has 0 aromatic heterocycles. The van der Waals surface area contributed by atoms with Crippen LogP contribution < -0.4 is 5.19 Å². The minimum atomic E-state index is -3.67. The monoisotopic (exact) mass is 382 g/mol. The van der Waals surface area contributed by atoms with Crippen LogP contribution in [0.5, 0.6) is 0 Å². The first kappa shape index (κ1) is 19.2. The van der Waals surface area contributed by atoms with E-state index in [4.69, 9.17) is 15.8 Å². The fourth-order valence-corrected chi connectivity index (χ4v) is 5.96. The normalized spacial score (nSPS) is 12.3. The van der Waals surface area contributed by atoms with Crippen molar-refractivity contribution in [1.82, 2.24) is 0 Å². The third kappa shape index (κ3) is 5.18. The van der Waals surface area contributed by atoms with Crippen molar-refractivity contribution in [3.8, 4) is 0 Å². The molecule has 0 unspecified atom stereocenters. The molecule has 130 valence electrons. The van der Waals surface area contributed by atoms with Crippen molar-refractivity contribution >= 4 is 35.0 Å². The lowest BCUT2D eigenvalue weighted by molar-refractivity contribution is 0.317. The van der Waals surface area contributed by atoms with Gasteiger partial charge in [0, 0.05) is 5.02 Å². The maximum atomic E-state index is 12.1. The summed E-state index contributed by atoms with van der Waals surface area (Å²) in [6.45, 7) is 6.66. The molecule has 2 aromatic rings. The van der Waals surface area contributed by atoms with Crippen LogP contribution in [0.4, 0.5) is 0 Å². The SMILES string of the molecule is Cc1ccc(S(=O)(=O)OCCC[Si](C)(C)c2ccc(Cl)cc2)cc1. The second kappa shape index (κ2) is 7.83. The highest BCUT2D eigenvalue weighted by Gasteiger charge is 2.23. The van der Waals surface area contributed by atoms with Gasteiger partial charge in [0.05, 0.1) is 19.6 Å². The first-order valence-corrected chi connectivity index (χ1v) is 12.9. The van der Waals surface area contributed by atoms with E-state index in [9.17, 15) is 8.42 Å². The van der Waals surface area contributed by atoms with Crippen LogP contribution in [0.2, 0.25) is 24.2 Å². The largest absolute Gasteiger partial charge is 0.296 e. The molecule has 0 radical (unpaired) electrons. The first-order chi connectivity index (χ1) is 11.2. The van der Waals surface area contributed by atoms with Gasteiger partial charge in [-0.3, -0.25) is 4.18 Å². The first-order valence-electron chi connectivity index (χ1n) is 7.93. The average Bonchev–Trinajstić information content (AvgIpc) is 2.52. The maximum Gasteiger partial charge on any atom is 0.296 e. The molecule has 2 rings (SSSR count). The third-order valence-electron chi connectivity index (χ3n) is 4.12. The molecule has 3 nitrogen and oxygen atoms in total. The van der Waals surface area contributed by atoms with Gasteiger partial charge >= 0.3 is 0 Å². The zero-order valence-corrected chi connectivity index (χ0v) is 16.8. The summed E-state index contributed by atoms with van der Waals surface area (Å²) in [6.07, 6.45) is 0.715. The molecule has 0 amide bonds. The predicted molar refractivity (Wildman–Crippen MR) is 102 cm³/mol. The van der Waals surface area contributed by atoms with E-state index in [1.165, 1.54) is 5.19 Å². The molecule has 0 saturated carbocycles. The molecule has 0 spiro atoms. The van der Waals surface area contributed by atoms with Crippen LogP contribution in [0.25, 0.3) is 0 Å². The third-order valence-corrected chi connectivity index (χ3v) is 9.20. The summed E-state index contributed by atoms with van der Waals surface area (Å²) in [5, 5.41) is 2.05. The Kier molecular flexibility index (Phi) is 6.26. The lowest BCUT2D eigenvalue weighted by Crippen LogP contribution is -2.41. The Morgan fingerprint density at radius 3 is 2.17 bits per heavy atom. The second-order valence-electron chi connectivity index (χ2n) is 6.58. The van der Waals surface area contributed by atoms with Crippen LogP contribution in [0.15, 0.2) is 53.4 Å². The summed E-state index contributed by atoms with van der Waals surface area (Å²) in [5.41, 5.74) is 1.02. The Morgan fingerprint density at radius 1 is 1.00 bits per heavy atom. The topological polar surface area (TPSA) is 43.4 Å². The lowest BCUT2D eigenvalue weighted by Gasteiger charge is -2.22. The van der Waals surface area contributed by atoms with Gasteiger partial charge in [0.1, 0.15) is 0 Å². The van der Waals surface area contributed by atoms with Gasteiger partial charge < -0.3 is 0 Å². The Labute approximate surface area is 150 Å². The van der Waals surface area contributed by atoms with Gasteiger partial charge in [-0.25, -0.2) is 0 Å². The smallest absolute Gasteiger partial charge is 0.266 e. The molecule has 24 heavy (non-hydrogen) atoms. The van der Waals surface area contributed by atoms with E-state index in [0.29, 0.717) is 6.42 Å². The Hall–Kier alpha value is -1.14. The van der Waals surface area contributed by atoms with Gasteiger partial charge in [-0.1, -0.05) is 65.8 Å². The van der Waals surface area contributed by atoms with E-state index in [0.717, 1.165) is 16.6 Å². The van der Waals surface area contributed by atoms with Crippen molar-refractivity contribution in [3.63, 3.8) is 0 Å². The predicted octanol–water partition coefficient (Wildman–Crippen LogP) is 4.36. The van der Waals surface area contributed by atoms with Gasteiger partial charge in [-0.2, -0.15) is 8.42 Å². The maximum absolute atomic E-state index is 12.1. The van der Waals surface area contributed by atoms with Gasteiger partial charge in [0.25, 0.3) is 10.1 Å². The van der Waals surface area contributed by atoms with Crippen LogP contribution in [0, 0.1) is 6.92 Å². The second-order valence-corrected chi connectivity index (χ2v) is 13.5. The minimum absolute atomic E-state index is 0.209. The zero-order valence-electron chi connectivity index (χ0n) is 14.3. The van der Waals surface area contributed by atoms with Crippen molar-refractivity contribution in [1.29, 1.82) is 0 Å². The fraction of sp³-hybridized carbons (Fsp3) is 0.333. The summed E-state index contributed by atoms with van der Waals surface area (Å²) in [6, 6.07) is 15.6. The van der Waals surface area contributed by atoms with Crippen LogP contribution >= 0.6 is 11.6 Å². The van der Waals surface area contributed by atoms with Crippen molar-refractivity contribution in [3.05, 3.63) is 59.1 Å². The van der Waals surface area contributed by atoms with Crippen molar-refractivity contribution in [2.75, 3.05) is 6.61 Å². The summed E-state index contributed by atoms with van der Waals surface area (Å²) in [4.78, 5) is 0.210. The molecule has 0 atom stereocenters. The molecular formula is C18H23ClO3SSi. The molecule has 0 heterocycles. The fourth-order valence-electron chi connectivity index (χ4n) is 2.50. The van der Waals surface area contributed by atoms with Crippen LogP contribution in [0.3, 0.4) is 0 Å². The van der Waals surface area contributed by atoms with E-state index in [2.05, 4.69) is 25.2 Å². The van der Waals surface area contributed by atoms with E-state index in [-0.39, 0.29) is 11.5 Å². The molecule has 0 aliphatic rings. The molecule has 6 heteroatoms. The molecular weight excluding hydrogens is 360 g/mol. The zero-order chi connectivity index (χ0) is 17.8. The molecule has 2 aromatic carbocycles. The molecule has 0 N–H and O–H groups in total. The number of aryl methyl sites for hydroxylation is 1. The molecule has 0 bridgehead atoms. The van der Waals surface area contributed by atoms with E-state index < -0.39 is 18.2 Å². The van der Waals surface area contributed by atoms with Crippen LogP contribution in [0.1, 0.15) is 12.0 Å². The molecule has 0 aliphatic carbocycles. The summed E-state index contributed by atoms with van der Waals surface area (Å²) >= 11 is 5.94. The molecule has 0 aliphatic heterocycles. The van der Waals surface area contributed by atoms with E-state index in [1.807, 2.05) is 19.1 Å². The Morgan fingerprint density at radius 2 is 1.58 bits per heavy atom. The summed E-state index contributed by atoms with van der Waals surface area (Å²) in [7, 11) is -5.29. The molecule has 0 fully saturated rings. The highest BCUT2D eigenvalue weighted by Crippen LogP contribution is 2.17. The number of hydrogen-bond acceptors (Lipinski definition) is 3. The standard InChI is InChI=1S/C18H23ClO3SSi/c1-15-5-9-17(10-6-15)23(20,21)22-13-4-14-24(2,3)18-11-7-16(19)8-12-18/h5-12H,4,13-14H2,1-3H3. The van der Waals surface area contributed by atoms with Gasteiger partial charge in [0.15, 0.2) is 0 Å². The van der Waals surface area contributed by atoms with Crippen LogP contribution in [-0.4, -0.2) is 23.1 Å². The van der Waals surface area contributed by atoms with E-state index in [1.54, 1.807) is 24.3 Å². The number of rotatable bonds is 7. The van der Waals surface area contributed by atoms with Gasteiger partial charge in [0.2, 0.25) is 0 Å². The Balaban J connectivity index is 1.89. The van der Waals surface area contributed by atoms with Crippen LogP contribution in [-0.2, 0) is 14.3 Å². The van der Waals surface area contributed by atoms with Gasteiger partial charge in [-0.15, -0.1) is 0 Å². The number of halogens is 1. The highest BCUT2D eigenvalue weighted by atomic mass is 35.5. The van der Waals surface area contributed by atoms with Crippen molar-refractivity contribution < 1.29 is 12.6 Å². The average molecular weight is 383 g/mol. The number of benzene rings is 2. The van der Waals surface area contributed by atoms with Crippen molar-refractivity contribution in [2.45, 2.75) is 37.4 Å². The lowest BCUT2D eigenvalue weighted by atomic mass is 10.2. The summed E-state index contributed by atoms with van der Waals surface area (Å²) < 4.78 is 29.5. The summed E-state index contributed by atoms with van der Waals surface area (Å²) in [5.74, 6) is 0. The molecule has 0 saturated heterocycles. The quantitative estimate of drug-likeness (QED) is 0.406. The highest BCUT2D eigenvalue weighted by molar-refractivity contribution is 7.86. The number of hydrogen-bond donors (Lipinski definition) is 0. The Bertz CT molecular complexity index is 769. The van der Waals surface area contributed by atoms with Gasteiger partial charge in [-0.05, 0) is 37.6 Å². The minimum Gasteiger partial charge on any atom is -0.266 e.